The topological polar surface area (TPSA) is 82.8 Å². The summed E-state index contributed by atoms with van der Waals surface area (Å²) in [6, 6.07) is 14.7. The highest BCUT2D eigenvalue weighted by atomic mass is 32.1. The van der Waals surface area contributed by atoms with Crippen LogP contribution in [0.5, 0.6) is 11.5 Å². The number of thiazole rings is 1. The third kappa shape index (κ3) is 4.39. The predicted molar refractivity (Wildman–Crippen MR) is 120 cm³/mol. The van der Waals surface area contributed by atoms with Crippen LogP contribution >= 0.6 is 11.3 Å². The van der Waals surface area contributed by atoms with E-state index in [1.807, 2.05) is 48.5 Å². The fourth-order valence-corrected chi connectivity index (χ4v) is 3.90. The van der Waals surface area contributed by atoms with Crippen molar-refractivity contribution in [2.45, 2.75) is 6.42 Å². The van der Waals surface area contributed by atoms with Crippen LogP contribution in [-0.4, -0.2) is 28.3 Å². The average molecular weight is 433 g/mol. The standard InChI is InChI=1S/C23H19N3O4S/c1-3-12-30-19-7-5-4-6-16(19)14-20-22(28)26-23(31-20)24-21(27)18(25-26)13-15-8-10-17(29-2)11-9-15/h3-11,14H,1,12-13H2,2H3/b20-14+. The molecule has 0 unspecified atom stereocenters. The number of hydrogen-bond donors (Lipinski definition) is 0. The number of nitrogens with zero attached hydrogens (tertiary/aromatic N) is 3. The fourth-order valence-electron chi connectivity index (χ4n) is 3.01. The molecule has 31 heavy (non-hydrogen) atoms. The molecule has 0 amide bonds. The van der Waals surface area contributed by atoms with Crippen molar-refractivity contribution in [3.8, 4) is 11.5 Å². The quantitative estimate of drug-likeness (QED) is 0.416. The molecule has 156 valence electrons. The van der Waals surface area contributed by atoms with Gasteiger partial charge in [-0.15, -0.1) is 0 Å². The van der Waals surface area contributed by atoms with Gasteiger partial charge < -0.3 is 9.47 Å². The first-order chi connectivity index (χ1) is 15.1. The second-order valence-corrected chi connectivity index (χ2v) is 7.65. The minimum atomic E-state index is -0.446. The Morgan fingerprint density at radius 3 is 2.65 bits per heavy atom. The first-order valence-corrected chi connectivity index (χ1v) is 10.3. The molecule has 8 heteroatoms. The average Bonchev–Trinajstić information content (AvgIpc) is 3.08. The van der Waals surface area contributed by atoms with Crippen molar-refractivity contribution < 1.29 is 9.47 Å². The Hall–Kier alpha value is -3.78. The predicted octanol–water partition coefficient (Wildman–Crippen LogP) is 2.22. The van der Waals surface area contributed by atoms with Gasteiger partial charge in [0.15, 0.2) is 0 Å². The van der Waals surface area contributed by atoms with Crippen molar-refractivity contribution >= 4 is 22.4 Å². The molecule has 0 aliphatic carbocycles. The summed E-state index contributed by atoms with van der Waals surface area (Å²) in [6.07, 6.45) is 3.64. The van der Waals surface area contributed by atoms with Crippen molar-refractivity contribution in [3.63, 3.8) is 0 Å². The SMILES string of the molecule is C=CCOc1ccccc1/C=c1/sc2nc(=O)c(Cc3ccc(OC)cc3)nn2c1=O. The lowest BCUT2D eigenvalue weighted by molar-refractivity contribution is 0.362. The first-order valence-electron chi connectivity index (χ1n) is 9.49. The van der Waals surface area contributed by atoms with Gasteiger partial charge in [-0.3, -0.25) is 9.59 Å². The van der Waals surface area contributed by atoms with E-state index in [4.69, 9.17) is 9.47 Å². The minimum absolute atomic E-state index is 0.207. The summed E-state index contributed by atoms with van der Waals surface area (Å²) in [7, 11) is 1.59. The largest absolute Gasteiger partial charge is 0.497 e. The molecule has 7 nitrogen and oxygen atoms in total. The fraction of sp³-hybridized carbons (Fsp3) is 0.130. The number of aromatic nitrogens is 3. The maximum Gasteiger partial charge on any atom is 0.296 e. The van der Waals surface area contributed by atoms with Crippen molar-refractivity contribution in [2.24, 2.45) is 0 Å². The van der Waals surface area contributed by atoms with Crippen LogP contribution in [-0.2, 0) is 6.42 Å². The maximum absolute atomic E-state index is 12.9. The Labute approximate surface area is 181 Å². The smallest absolute Gasteiger partial charge is 0.296 e. The number of fused-ring (bicyclic) bond motifs is 1. The van der Waals surface area contributed by atoms with E-state index in [2.05, 4.69) is 16.7 Å². The van der Waals surface area contributed by atoms with Gasteiger partial charge in [0.05, 0.1) is 11.6 Å². The molecule has 0 saturated heterocycles. The van der Waals surface area contributed by atoms with Crippen LogP contribution in [0.1, 0.15) is 16.8 Å². The highest BCUT2D eigenvalue weighted by molar-refractivity contribution is 7.15. The normalized spacial score (nSPS) is 11.6. The highest BCUT2D eigenvalue weighted by Crippen LogP contribution is 2.18. The molecule has 0 aliphatic rings. The van der Waals surface area contributed by atoms with E-state index in [0.717, 1.165) is 28.2 Å². The van der Waals surface area contributed by atoms with Crippen LogP contribution in [0.15, 0.2) is 70.8 Å². The number of ether oxygens (including phenoxy) is 2. The Morgan fingerprint density at radius 2 is 1.90 bits per heavy atom. The highest BCUT2D eigenvalue weighted by Gasteiger charge is 2.12. The van der Waals surface area contributed by atoms with Gasteiger partial charge in [0.25, 0.3) is 11.1 Å². The molecule has 0 spiro atoms. The zero-order valence-corrected chi connectivity index (χ0v) is 17.6. The van der Waals surface area contributed by atoms with E-state index in [9.17, 15) is 9.59 Å². The van der Waals surface area contributed by atoms with Crippen LogP contribution in [0, 0.1) is 0 Å². The van der Waals surface area contributed by atoms with Gasteiger partial charge in [0, 0.05) is 12.0 Å². The molecule has 0 saturated carbocycles. The van der Waals surface area contributed by atoms with Crippen molar-refractivity contribution in [1.82, 2.24) is 14.6 Å². The lowest BCUT2D eigenvalue weighted by Crippen LogP contribution is -2.28. The summed E-state index contributed by atoms with van der Waals surface area (Å²) >= 11 is 1.11. The molecule has 2 aromatic heterocycles. The van der Waals surface area contributed by atoms with Gasteiger partial charge in [0.1, 0.15) is 23.8 Å². The zero-order valence-electron chi connectivity index (χ0n) is 16.8. The first kappa shape index (κ1) is 20.5. The number of hydrogen-bond acceptors (Lipinski definition) is 7. The Morgan fingerprint density at radius 1 is 1.13 bits per heavy atom. The molecule has 4 rings (SSSR count). The van der Waals surface area contributed by atoms with Gasteiger partial charge in [-0.2, -0.15) is 14.6 Å². The molecule has 2 heterocycles. The second-order valence-electron chi connectivity index (χ2n) is 6.64. The molecule has 0 fully saturated rings. The lowest BCUT2D eigenvalue weighted by Gasteiger charge is -2.05. The maximum atomic E-state index is 12.9. The molecule has 4 aromatic rings. The summed E-state index contributed by atoms with van der Waals surface area (Å²) in [5.41, 5.74) is 1.04. The third-order valence-electron chi connectivity index (χ3n) is 4.54. The zero-order chi connectivity index (χ0) is 21.8. The van der Waals surface area contributed by atoms with Crippen molar-refractivity contribution in [2.75, 3.05) is 13.7 Å². The monoisotopic (exact) mass is 433 g/mol. The van der Waals surface area contributed by atoms with Gasteiger partial charge in [-0.25, -0.2) is 0 Å². The summed E-state index contributed by atoms with van der Waals surface area (Å²) in [5.74, 6) is 1.36. The Balaban J connectivity index is 1.74. The van der Waals surface area contributed by atoms with Crippen LogP contribution in [0.3, 0.4) is 0 Å². The van der Waals surface area contributed by atoms with E-state index < -0.39 is 5.56 Å². The van der Waals surface area contributed by atoms with E-state index in [1.54, 1.807) is 19.3 Å². The van der Waals surface area contributed by atoms with E-state index in [-0.39, 0.29) is 22.6 Å². The van der Waals surface area contributed by atoms with Gasteiger partial charge in [0.2, 0.25) is 4.96 Å². The van der Waals surface area contributed by atoms with Crippen molar-refractivity contribution in [1.29, 1.82) is 0 Å². The van der Waals surface area contributed by atoms with Crippen LogP contribution in [0.25, 0.3) is 11.0 Å². The Bertz CT molecular complexity index is 1410. The molecule has 0 bridgehead atoms. The lowest BCUT2D eigenvalue weighted by atomic mass is 10.1. The molecule has 0 radical (unpaired) electrons. The van der Waals surface area contributed by atoms with Crippen LogP contribution < -0.4 is 25.1 Å². The van der Waals surface area contributed by atoms with E-state index >= 15 is 0 Å². The molecule has 0 N–H and O–H groups in total. The summed E-state index contributed by atoms with van der Waals surface area (Å²) in [6.45, 7) is 4.00. The summed E-state index contributed by atoms with van der Waals surface area (Å²) in [5, 5.41) is 4.29. The number of rotatable bonds is 7. The number of benzene rings is 2. The molecular weight excluding hydrogens is 414 g/mol. The number of methoxy groups -OCH3 is 1. The van der Waals surface area contributed by atoms with Crippen molar-refractivity contribution in [3.05, 3.63) is 103 Å². The van der Waals surface area contributed by atoms with E-state index in [1.165, 1.54) is 4.52 Å². The molecule has 2 aromatic carbocycles. The molecule has 0 aliphatic heterocycles. The van der Waals surface area contributed by atoms with E-state index in [0.29, 0.717) is 16.9 Å². The summed E-state index contributed by atoms with van der Waals surface area (Å²) < 4.78 is 12.4. The number of para-hydroxylation sites is 1. The third-order valence-corrected chi connectivity index (χ3v) is 5.50. The second kappa shape index (κ2) is 8.93. The van der Waals surface area contributed by atoms with Gasteiger partial charge in [-0.1, -0.05) is 54.3 Å². The summed E-state index contributed by atoms with van der Waals surface area (Å²) in [4.78, 5) is 29.7. The minimum Gasteiger partial charge on any atom is -0.497 e. The van der Waals surface area contributed by atoms with Gasteiger partial charge >= 0.3 is 0 Å². The molecular formula is C23H19N3O4S. The molecule has 0 atom stereocenters. The Kier molecular flexibility index (Phi) is 5.90. The van der Waals surface area contributed by atoms with Crippen LogP contribution in [0.2, 0.25) is 0 Å². The van der Waals surface area contributed by atoms with Gasteiger partial charge in [-0.05, 0) is 29.8 Å². The van der Waals surface area contributed by atoms with Crippen LogP contribution in [0.4, 0.5) is 0 Å².